The van der Waals surface area contributed by atoms with Gasteiger partial charge >= 0.3 is 0 Å². The maximum atomic E-state index is 6.21. The fourth-order valence-electron chi connectivity index (χ4n) is 2.62. The summed E-state index contributed by atoms with van der Waals surface area (Å²) >= 11 is 0. The molecular weight excluding hydrogens is 238 g/mol. The average Bonchev–Trinajstić information content (AvgIpc) is 2.43. The number of para-hydroxylation sites is 1. The van der Waals surface area contributed by atoms with Crippen LogP contribution in [-0.4, -0.2) is 44.2 Å². The number of hydrogen-bond donors (Lipinski definition) is 1. The predicted molar refractivity (Wildman–Crippen MR) is 81.0 cm³/mol. The zero-order chi connectivity index (χ0) is 13.7. The first-order valence-electron chi connectivity index (χ1n) is 7.24. The van der Waals surface area contributed by atoms with Gasteiger partial charge in [-0.2, -0.15) is 0 Å². The molecule has 106 valence electrons. The molecule has 0 spiro atoms. The van der Waals surface area contributed by atoms with Gasteiger partial charge in [-0.3, -0.25) is 4.90 Å². The summed E-state index contributed by atoms with van der Waals surface area (Å²) < 4.78 is 5.57. The van der Waals surface area contributed by atoms with Crippen LogP contribution in [0.25, 0.3) is 0 Å². The van der Waals surface area contributed by atoms with Crippen molar-refractivity contribution in [3.8, 4) is 5.75 Å². The summed E-state index contributed by atoms with van der Waals surface area (Å²) in [5.74, 6) is 0.802. The summed E-state index contributed by atoms with van der Waals surface area (Å²) in [5.41, 5.74) is 8.10. The van der Waals surface area contributed by atoms with E-state index in [-0.39, 0.29) is 0 Å². The highest BCUT2D eigenvalue weighted by molar-refractivity contribution is 5.74. The summed E-state index contributed by atoms with van der Waals surface area (Å²) in [7, 11) is 0. The van der Waals surface area contributed by atoms with E-state index < -0.39 is 0 Å². The van der Waals surface area contributed by atoms with Crippen LogP contribution in [0.3, 0.4) is 0 Å². The molecule has 0 unspecified atom stereocenters. The van der Waals surface area contributed by atoms with Gasteiger partial charge in [-0.25, -0.2) is 0 Å². The monoisotopic (exact) mass is 263 g/mol. The second-order valence-electron chi connectivity index (χ2n) is 4.95. The van der Waals surface area contributed by atoms with E-state index in [1.54, 1.807) is 0 Å². The van der Waals surface area contributed by atoms with Crippen LogP contribution < -0.4 is 15.4 Å². The number of rotatable bonds is 5. The molecule has 1 heterocycles. The number of nitrogens with two attached hydrogens (primary N) is 1. The lowest BCUT2D eigenvalue weighted by Crippen LogP contribution is -2.46. The predicted octanol–water partition coefficient (Wildman–Crippen LogP) is 2.20. The van der Waals surface area contributed by atoms with Crippen LogP contribution in [0.2, 0.25) is 0 Å². The lowest BCUT2D eigenvalue weighted by Gasteiger charge is -2.36. The van der Waals surface area contributed by atoms with Crippen molar-refractivity contribution in [2.24, 2.45) is 0 Å². The number of ether oxygens (including phenoxy) is 1. The van der Waals surface area contributed by atoms with Gasteiger partial charge in [0.15, 0.2) is 0 Å². The fraction of sp³-hybridized carbons (Fsp3) is 0.600. The van der Waals surface area contributed by atoms with Crippen LogP contribution in [0, 0.1) is 0 Å². The molecule has 0 amide bonds. The molecule has 1 aromatic carbocycles. The Hall–Kier alpha value is -1.42. The zero-order valence-electron chi connectivity index (χ0n) is 12.1. The van der Waals surface area contributed by atoms with E-state index in [0.29, 0.717) is 6.61 Å². The molecule has 0 aliphatic carbocycles. The number of piperazine rings is 1. The maximum Gasteiger partial charge on any atom is 0.144 e. The van der Waals surface area contributed by atoms with Crippen molar-refractivity contribution in [3.63, 3.8) is 0 Å². The fourth-order valence-corrected chi connectivity index (χ4v) is 2.62. The topological polar surface area (TPSA) is 41.7 Å². The molecular formula is C15H25N3O. The standard InChI is InChI=1S/C15H25N3O/c1-3-8-17-9-11-18(12-10-17)13-6-5-7-14(15(13)16)19-4-2/h5-7H,3-4,8-12,16H2,1-2H3. The van der Waals surface area contributed by atoms with Crippen molar-refractivity contribution >= 4 is 11.4 Å². The summed E-state index contributed by atoms with van der Waals surface area (Å²) in [6.07, 6.45) is 1.22. The van der Waals surface area contributed by atoms with E-state index in [1.165, 1.54) is 13.0 Å². The quantitative estimate of drug-likeness (QED) is 0.827. The van der Waals surface area contributed by atoms with E-state index in [4.69, 9.17) is 10.5 Å². The van der Waals surface area contributed by atoms with Gasteiger partial charge < -0.3 is 15.4 Å². The van der Waals surface area contributed by atoms with Crippen molar-refractivity contribution in [2.75, 3.05) is 50.0 Å². The van der Waals surface area contributed by atoms with Crippen LogP contribution in [0.5, 0.6) is 5.75 Å². The molecule has 0 bridgehead atoms. The highest BCUT2D eigenvalue weighted by Crippen LogP contribution is 2.32. The highest BCUT2D eigenvalue weighted by atomic mass is 16.5. The molecule has 1 aliphatic heterocycles. The second kappa shape index (κ2) is 6.66. The van der Waals surface area contributed by atoms with Crippen LogP contribution >= 0.6 is 0 Å². The smallest absolute Gasteiger partial charge is 0.144 e. The number of hydrogen-bond acceptors (Lipinski definition) is 4. The number of nitrogen functional groups attached to an aromatic ring is 1. The first-order chi connectivity index (χ1) is 9.26. The van der Waals surface area contributed by atoms with Gasteiger partial charge in [0, 0.05) is 26.2 Å². The molecule has 0 aromatic heterocycles. The Kier molecular flexibility index (Phi) is 4.91. The Labute approximate surface area is 116 Å². The van der Waals surface area contributed by atoms with Crippen molar-refractivity contribution in [1.29, 1.82) is 0 Å². The largest absolute Gasteiger partial charge is 0.492 e. The molecule has 1 aromatic rings. The Morgan fingerprint density at radius 2 is 1.89 bits per heavy atom. The molecule has 19 heavy (non-hydrogen) atoms. The summed E-state index contributed by atoms with van der Waals surface area (Å²) in [5, 5.41) is 0. The van der Waals surface area contributed by atoms with Gasteiger partial charge in [0.2, 0.25) is 0 Å². The van der Waals surface area contributed by atoms with Gasteiger partial charge in [0.25, 0.3) is 0 Å². The van der Waals surface area contributed by atoms with Gasteiger partial charge in [0.1, 0.15) is 5.75 Å². The molecule has 2 N–H and O–H groups in total. The second-order valence-corrected chi connectivity index (χ2v) is 4.95. The average molecular weight is 263 g/mol. The molecule has 1 saturated heterocycles. The molecule has 1 fully saturated rings. The Morgan fingerprint density at radius 3 is 2.53 bits per heavy atom. The lowest BCUT2D eigenvalue weighted by atomic mass is 10.2. The molecule has 1 aliphatic rings. The van der Waals surface area contributed by atoms with E-state index in [1.807, 2.05) is 19.1 Å². The molecule has 4 nitrogen and oxygen atoms in total. The zero-order valence-corrected chi connectivity index (χ0v) is 12.1. The van der Waals surface area contributed by atoms with Crippen molar-refractivity contribution in [3.05, 3.63) is 18.2 Å². The minimum Gasteiger partial charge on any atom is -0.492 e. The third-order valence-electron chi connectivity index (χ3n) is 3.60. The van der Waals surface area contributed by atoms with E-state index in [2.05, 4.69) is 22.8 Å². The molecule has 0 saturated carbocycles. The SMILES string of the molecule is CCCN1CCN(c2cccc(OCC)c2N)CC1. The molecule has 4 heteroatoms. The highest BCUT2D eigenvalue weighted by Gasteiger charge is 2.19. The Morgan fingerprint density at radius 1 is 1.16 bits per heavy atom. The van der Waals surface area contributed by atoms with E-state index in [0.717, 1.165) is 43.3 Å². The first kappa shape index (κ1) is 14.0. The van der Waals surface area contributed by atoms with Crippen LogP contribution in [0.15, 0.2) is 18.2 Å². The number of nitrogens with zero attached hydrogens (tertiary/aromatic N) is 2. The molecule has 0 radical (unpaired) electrons. The van der Waals surface area contributed by atoms with Crippen molar-refractivity contribution in [2.45, 2.75) is 20.3 Å². The van der Waals surface area contributed by atoms with Crippen molar-refractivity contribution < 1.29 is 4.74 Å². The molecule has 0 atom stereocenters. The van der Waals surface area contributed by atoms with Gasteiger partial charge in [-0.1, -0.05) is 13.0 Å². The normalized spacial score (nSPS) is 16.6. The minimum atomic E-state index is 0.651. The summed E-state index contributed by atoms with van der Waals surface area (Å²) in [4.78, 5) is 4.88. The molecule has 2 rings (SSSR count). The Balaban J connectivity index is 2.05. The van der Waals surface area contributed by atoms with Gasteiger partial charge in [0.05, 0.1) is 18.0 Å². The van der Waals surface area contributed by atoms with Crippen LogP contribution in [0.4, 0.5) is 11.4 Å². The van der Waals surface area contributed by atoms with E-state index >= 15 is 0 Å². The van der Waals surface area contributed by atoms with Gasteiger partial charge in [-0.15, -0.1) is 0 Å². The Bertz CT molecular complexity index is 400. The van der Waals surface area contributed by atoms with Crippen molar-refractivity contribution in [1.82, 2.24) is 4.90 Å². The third kappa shape index (κ3) is 3.32. The van der Waals surface area contributed by atoms with Gasteiger partial charge in [-0.05, 0) is 32.0 Å². The minimum absolute atomic E-state index is 0.651. The van der Waals surface area contributed by atoms with Crippen LogP contribution in [0.1, 0.15) is 20.3 Å². The first-order valence-corrected chi connectivity index (χ1v) is 7.24. The van der Waals surface area contributed by atoms with E-state index in [9.17, 15) is 0 Å². The summed E-state index contributed by atoms with van der Waals surface area (Å²) in [6, 6.07) is 6.05. The third-order valence-corrected chi connectivity index (χ3v) is 3.60. The lowest BCUT2D eigenvalue weighted by molar-refractivity contribution is 0.258. The van der Waals surface area contributed by atoms with Crippen LogP contribution in [-0.2, 0) is 0 Å². The number of anilines is 2. The number of benzene rings is 1. The summed E-state index contributed by atoms with van der Waals surface area (Å²) in [6.45, 7) is 10.4. The maximum absolute atomic E-state index is 6.21.